The van der Waals surface area contributed by atoms with Crippen molar-refractivity contribution in [2.24, 2.45) is 0 Å². The predicted octanol–water partition coefficient (Wildman–Crippen LogP) is 4.20. The molecule has 4 heteroatoms. The summed E-state index contributed by atoms with van der Waals surface area (Å²) in [5.41, 5.74) is 1.02. The van der Waals surface area contributed by atoms with E-state index in [0.29, 0.717) is 22.7 Å². The third-order valence-electron chi connectivity index (χ3n) is 2.80. The number of nitrogens with one attached hydrogen (secondary N) is 1. The van der Waals surface area contributed by atoms with E-state index in [1.54, 1.807) is 6.07 Å². The van der Waals surface area contributed by atoms with E-state index in [9.17, 15) is 0 Å². The first-order chi connectivity index (χ1) is 8.70. The molecular formula is C14H17Cl2NO. The zero-order valence-electron chi connectivity index (χ0n) is 10.4. The molecule has 0 unspecified atom stereocenters. The van der Waals surface area contributed by atoms with E-state index in [0.717, 1.165) is 17.9 Å². The van der Waals surface area contributed by atoms with Crippen LogP contribution in [0.15, 0.2) is 24.3 Å². The summed E-state index contributed by atoms with van der Waals surface area (Å²) < 4.78 is 5.70. The van der Waals surface area contributed by atoms with E-state index < -0.39 is 0 Å². The van der Waals surface area contributed by atoms with Gasteiger partial charge in [-0.05, 0) is 31.9 Å². The summed E-state index contributed by atoms with van der Waals surface area (Å²) in [7, 11) is 0. The molecule has 0 spiro atoms. The van der Waals surface area contributed by atoms with Gasteiger partial charge in [0.25, 0.3) is 0 Å². The van der Waals surface area contributed by atoms with E-state index in [-0.39, 0.29) is 0 Å². The Labute approximate surface area is 118 Å². The van der Waals surface area contributed by atoms with Crippen LogP contribution in [0.1, 0.15) is 25.3 Å². The first-order valence-corrected chi connectivity index (χ1v) is 6.91. The Kier molecular flexibility index (Phi) is 4.93. The lowest BCUT2D eigenvalue weighted by molar-refractivity contribution is 0.357. The molecule has 1 aliphatic carbocycles. The summed E-state index contributed by atoms with van der Waals surface area (Å²) in [4.78, 5) is 0. The molecule has 0 amide bonds. The molecular weight excluding hydrogens is 269 g/mol. The Bertz CT molecular complexity index is 442. The van der Waals surface area contributed by atoms with Crippen LogP contribution < -0.4 is 10.1 Å². The van der Waals surface area contributed by atoms with Crippen molar-refractivity contribution in [3.63, 3.8) is 0 Å². The maximum absolute atomic E-state index is 6.18. The van der Waals surface area contributed by atoms with Gasteiger partial charge in [-0.3, -0.25) is 0 Å². The lowest BCUT2D eigenvalue weighted by atomic mass is 10.2. The smallest absolute Gasteiger partial charge is 0.142 e. The summed E-state index contributed by atoms with van der Waals surface area (Å²) in [6.45, 7) is 3.23. The van der Waals surface area contributed by atoms with Crippen LogP contribution in [0.2, 0.25) is 10.0 Å². The molecule has 0 atom stereocenters. The molecule has 18 heavy (non-hydrogen) atoms. The molecule has 0 saturated heterocycles. The fraction of sp³-hybridized carbons (Fsp3) is 0.429. The van der Waals surface area contributed by atoms with E-state index in [1.807, 2.05) is 25.1 Å². The number of allylic oxidation sites excluding steroid dienone is 1. The minimum Gasteiger partial charge on any atom is -0.488 e. The van der Waals surface area contributed by atoms with Crippen molar-refractivity contribution < 1.29 is 4.74 Å². The third-order valence-corrected chi connectivity index (χ3v) is 3.30. The molecule has 0 aromatic heterocycles. The van der Waals surface area contributed by atoms with Gasteiger partial charge >= 0.3 is 0 Å². The Morgan fingerprint density at radius 1 is 1.39 bits per heavy atom. The summed E-state index contributed by atoms with van der Waals surface area (Å²) in [6.07, 6.45) is 6.40. The van der Waals surface area contributed by atoms with Crippen molar-refractivity contribution in [2.75, 3.05) is 6.61 Å². The Morgan fingerprint density at radius 2 is 2.17 bits per heavy atom. The molecule has 0 radical (unpaired) electrons. The molecule has 1 N–H and O–H groups in total. The third kappa shape index (κ3) is 3.91. The van der Waals surface area contributed by atoms with Crippen LogP contribution in [0.25, 0.3) is 0 Å². The van der Waals surface area contributed by atoms with Crippen molar-refractivity contribution in [1.82, 2.24) is 5.32 Å². The summed E-state index contributed by atoms with van der Waals surface area (Å²) in [5, 5.41) is 4.66. The van der Waals surface area contributed by atoms with E-state index >= 15 is 0 Å². The Hall–Kier alpha value is -0.700. The van der Waals surface area contributed by atoms with Crippen molar-refractivity contribution in [3.05, 3.63) is 39.9 Å². The average molecular weight is 286 g/mol. The molecule has 2 nitrogen and oxygen atoms in total. The highest BCUT2D eigenvalue weighted by molar-refractivity contribution is 6.35. The molecule has 1 aliphatic rings. The predicted molar refractivity (Wildman–Crippen MR) is 76.6 cm³/mol. The molecule has 0 aliphatic heterocycles. The highest BCUT2D eigenvalue weighted by atomic mass is 35.5. The average Bonchev–Trinajstić information content (AvgIpc) is 3.13. The van der Waals surface area contributed by atoms with Gasteiger partial charge in [-0.15, -0.1) is 0 Å². The quantitative estimate of drug-likeness (QED) is 0.791. The molecule has 0 bridgehead atoms. The second-order valence-electron chi connectivity index (χ2n) is 4.41. The molecule has 1 saturated carbocycles. The van der Waals surface area contributed by atoms with E-state index in [2.05, 4.69) is 5.32 Å². The summed E-state index contributed by atoms with van der Waals surface area (Å²) >= 11 is 12.2. The SMILES string of the molecule is C/C=C/COc1c(Cl)cc(Cl)cc1CNC1CC1. The van der Waals surface area contributed by atoms with Crippen molar-refractivity contribution in [1.29, 1.82) is 0 Å². The first-order valence-electron chi connectivity index (χ1n) is 6.16. The topological polar surface area (TPSA) is 21.3 Å². The van der Waals surface area contributed by atoms with Gasteiger partial charge in [0.15, 0.2) is 0 Å². The van der Waals surface area contributed by atoms with Gasteiger partial charge in [-0.1, -0.05) is 35.4 Å². The van der Waals surface area contributed by atoms with Crippen molar-refractivity contribution in [3.8, 4) is 5.75 Å². The Balaban J connectivity index is 2.11. The monoisotopic (exact) mass is 285 g/mol. The molecule has 98 valence electrons. The fourth-order valence-electron chi connectivity index (χ4n) is 1.68. The second kappa shape index (κ2) is 6.46. The van der Waals surface area contributed by atoms with Crippen LogP contribution in [0.4, 0.5) is 0 Å². The fourth-order valence-corrected chi connectivity index (χ4v) is 2.27. The van der Waals surface area contributed by atoms with Crippen LogP contribution in [-0.2, 0) is 6.54 Å². The van der Waals surface area contributed by atoms with Crippen LogP contribution in [0.3, 0.4) is 0 Å². The number of hydrogen-bond donors (Lipinski definition) is 1. The number of ether oxygens (including phenoxy) is 1. The second-order valence-corrected chi connectivity index (χ2v) is 5.25. The number of benzene rings is 1. The molecule has 1 aromatic carbocycles. The molecule has 1 fully saturated rings. The van der Waals surface area contributed by atoms with Gasteiger partial charge < -0.3 is 10.1 Å². The van der Waals surface area contributed by atoms with Gasteiger partial charge in [-0.2, -0.15) is 0 Å². The van der Waals surface area contributed by atoms with Crippen LogP contribution >= 0.6 is 23.2 Å². The van der Waals surface area contributed by atoms with Crippen LogP contribution in [0, 0.1) is 0 Å². The van der Waals surface area contributed by atoms with Crippen LogP contribution in [-0.4, -0.2) is 12.6 Å². The standard InChI is InChI=1S/C14H17Cl2NO/c1-2-3-6-18-14-10(9-17-12-4-5-12)7-11(15)8-13(14)16/h2-3,7-8,12,17H,4-6,9H2,1H3/b3-2+. The molecule has 1 aromatic rings. The van der Waals surface area contributed by atoms with Crippen molar-refractivity contribution >= 4 is 23.2 Å². The highest BCUT2D eigenvalue weighted by Crippen LogP contribution is 2.33. The minimum absolute atomic E-state index is 0.522. The molecule has 2 rings (SSSR count). The van der Waals surface area contributed by atoms with Gasteiger partial charge in [-0.25, -0.2) is 0 Å². The van der Waals surface area contributed by atoms with Gasteiger partial charge in [0.1, 0.15) is 12.4 Å². The molecule has 0 heterocycles. The number of rotatable bonds is 6. The lowest BCUT2D eigenvalue weighted by Gasteiger charge is -2.13. The number of hydrogen-bond acceptors (Lipinski definition) is 2. The largest absolute Gasteiger partial charge is 0.488 e. The minimum atomic E-state index is 0.522. The normalized spacial score (nSPS) is 15.3. The van der Waals surface area contributed by atoms with Gasteiger partial charge in [0.05, 0.1) is 5.02 Å². The number of halogens is 2. The van der Waals surface area contributed by atoms with E-state index in [1.165, 1.54) is 12.8 Å². The zero-order valence-corrected chi connectivity index (χ0v) is 11.9. The first kappa shape index (κ1) is 13.7. The lowest BCUT2D eigenvalue weighted by Crippen LogP contribution is -2.16. The maximum atomic E-state index is 6.18. The van der Waals surface area contributed by atoms with E-state index in [4.69, 9.17) is 27.9 Å². The maximum Gasteiger partial charge on any atom is 0.142 e. The van der Waals surface area contributed by atoms with Gasteiger partial charge in [0.2, 0.25) is 0 Å². The zero-order chi connectivity index (χ0) is 13.0. The van der Waals surface area contributed by atoms with Crippen molar-refractivity contribution in [2.45, 2.75) is 32.4 Å². The van der Waals surface area contributed by atoms with Gasteiger partial charge in [0, 0.05) is 23.2 Å². The van der Waals surface area contributed by atoms with Crippen LogP contribution in [0.5, 0.6) is 5.75 Å². The Morgan fingerprint density at radius 3 is 2.83 bits per heavy atom. The highest BCUT2D eigenvalue weighted by Gasteiger charge is 2.21. The summed E-state index contributed by atoms with van der Waals surface area (Å²) in [6, 6.07) is 4.27. The summed E-state index contributed by atoms with van der Waals surface area (Å²) in [5.74, 6) is 0.729.